The highest BCUT2D eigenvalue weighted by atomic mass is 32.1. The lowest BCUT2D eigenvalue weighted by Gasteiger charge is -2.41. The summed E-state index contributed by atoms with van der Waals surface area (Å²) in [5.41, 5.74) is -0.252. The fourth-order valence-corrected chi connectivity index (χ4v) is 7.52. The monoisotopic (exact) mass is 778 g/mol. The van der Waals surface area contributed by atoms with Gasteiger partial charge in [-0.1, -0.05) is 62.0 Å². The average Bonchev–Trinajstić information content (AvgIpc) is 3.72. The molecule has 4 amide bonds. The number of halogens is 3. The molecule has 1 aliphatic carbocycles. The Bertz CT molecular complexity index is 1960. The molecule has 2 aromatic carbocycles. The highest BCUT2D eigenvalue weighted by molar-refractivity contribution is 7.07. The lowest BCUT2D eigenvalue weighted by Crippen LogP contribution is -2.55. The van der Waals surface area contributed by atoms with Gasteiger partial charge in [-0.05, 0) is 73.1 Å². The Balaban J connectivity index is 1.39. The summed E-state index contributed by atoms with van der Waals surface area (Å²) in [4.78, 5) is 58.0. The number of aromatic nitrogens is 2. The number of piperazine rings is 1. The van der Waals surface area contributed by atoms with Crippen molar-refractivity contribution in [3.63, 3.8) is 0 Å². The van der Waals surface area contributed by atoms with Crippen molar-refractivity contribution in [2.45, 2.75) is 70.4 Å². The van der Waals surface area contributed by atoms with Gasteiger partial charge >= 0.3 is 5.92 Å². The molecule has 3 N–H and O–H groups in total. The minimum absolute atomic E-state index is 0.0680. The van der Waals surface area contributed by atoms with Crippen LogP contribution in [0.5, 0.6) is 0 Å². The van der Waals surface area contributed by atoms with Gasteiger partial charge < -0.3 is 25.8 Å². The van der Waals surface area contributed by atoms with Crippen molar-refractivity contribution in [2.75, 3.05) is 38.5 Å². The van der Waals surface area contributed by atoms with Crippen LogP contribution < -0.4 is 16.0 Å². The second-order valence-electron chi connectivity index (χ2n) is 14.7. The fourth-order valence-electron chi connectivity index (χ4n) is 7.10. The Kier molecular flexibility index (Phi) is 12.8. The van der Waals surface area contributed by atoms with E-state index in [0.29, 0.717) is 56.6 Å². The van der Waals surface area contributed by atoms with Crippen molar-refractivity contribution < 1.29 is 32.3 Å². The number of hydrogen-bond acceptors (Lipinski definition) is 9. The first-order valence-electron chi connectivity index (χ1n) is 18.1. The largest absolute Gasteiger partial charge is 0.349 e. The molecule has 0 spiro atoms. The van der Waals surface area contributed by atoms with Crippen LogP contribution in [-0.4, -0.2) is 88.3 Å². The molecular weight excluding hydrogens is 734 g/mol. The molecular formula is C39H45F3N8O4S. The zero-order chi connectivity index (χ0) is 40.1. The third kappa shape index (κ3) is 9.40. The van der Waals surface area contributed by atoms with Crippen LogP contribution in [0.1, 0.15) is 78.7 Å². The summed E-state index contributed by atoms with van der Waals surface area (Å²) in [6.07, 6.45) is 3.60. The van der Waals surface area contributed by atoms with Crippen LogP contribution in [0.3, 0.4) is 0 Å². The van der Waals surface area contributed by atoms with E-state index in [2.05, 4.69) is 43.9 Å². The summed E-state index contributed by atoms with van der Waals surface area (Å²) in [7, 11) is 1.94. The Hall–Kier alpha value is -5.14. The second kappa shape index (κ2) is 17.1. The Morgan fingerprint density at radius 1 is 1.13 bits per heavy atom. The molecule has 292 valence electrons. The third-order valence-corrected chi connectivity index (χ3v) is 11.6. The van der Waals surface area contributed by atoms with Crippen LogP contribution in [-0.2, 0) is 20.3 Å². The predicted octanol–water partition coefficient (Wildman–Crippen LogP) is 5.21. The molecule has 2 fully saturated rings. The number of alkyl halides is 2. The summed E-state index contributed by atoms with van der Waals surface area (Å²) in [5, 5.41) is 20.4. The normalized spacial score (nSPS) is 20.8. The van der Waals surface area contributed by atoms with Crippen LogP contribution in [0.15, 0.2) is 60.8 Å². The smallest absolute Gasteiger partial charge is 0.339 e. The van der Waals surface area contributed by atoms with Gasteiger partial charge in [0.2, 0.25) is 11.8 Å². The number of amides is 4. The molecule has 1 saturated carbocycles. The van der Waals surface area contributed by atoms with Gasteiger partial charge in [-0.15, -0.1) is 5.10 Å². The van der Waals surface area contributed by atoms with E-state index in [9.17, 15) is 24.4 Å². The summed E-state index contributed by atoms with van der Waals surface area (Å²) < 4.78 is 50.8. The van der Waals surface area contributed by atoms with Gasteiger partial charge in [-0.2, -0.15) is 14.0 Å². The van der Waals surface area contributed by atoms with Gasteiger partial charge in [0, 0.05) is 43.6 Å². The summed E-state index contributed by atoms with van der Waals surface area (Å²) in [5.74, 6) is -10.0. The highest BCUT2D eigenvalue weighted by Crippen LogP contribution is 2.45. The number of benzene rings is 2. The number of carbonyl (C=O) groups excluding carboxylic acids is 4. The topological polar surface area (TPSA) is 160 Å². The predicted molar refractivity (Wildman–Crippen MR) is 201 cm³/mol. The van der Waals surface area contributed by atoms with Crippen LogP contribution >= 0.6 is 11.5 Å². The number of nitrogens with zero attached hydrogens (tertiary/aromatic N) is 5. The molecule has 5 rings (SSSR count). The van der Waals surface area contributed by atoms with Gasteiger partial charge in [0.25, 0.3) is 11.8 Å². The first-order valence-corrected chi connectivity index (χ1v) is 18.9. The van der Waals surface area contributed by atoms with E-state index in [1.807, 2.05) is 14.0 Å². The van der Waals surface area contributed by atoms with Gasteiger partial charge in [0.15, 0.2) is 0 Å². The SMILES string of the molecule is C=C1C[C@@](C)(CC)CC[C@@H]1[C@H](NC(=O)C(F)(F)c1cccc(C#N)c1)C(=O)Nc1ccc([C@H](C)[C@@H](NC(=O)c2cnns2)C(=O)N2CCN(C)CC2)cc1F. The van der Waals surface area contributed by atoms with Crippen molar-refractivity contribution in [1.82, 2.24) is 30.0 Å². The van der Waals surface area contributed by atoms with E-state index >= 15 is 13.2 Å². The molecule has 5 atom stereocenters. The molecule has 12 nitrogen and oxygen atoms in total. The minimum atomic E-state index is -4.10. The van der Waals surface area contributed by atoms with E-state index in [1.165, 1.54) is 30.5 Å². The van der Waals surface area contributed by atoms with Crippen LogP contribution in [0.2, 0.25) is 0 Å². The summed E-state index contributed by atoms with van der Waals surface area (Å²) in [6, 6.07) is 7.57. The van der Waals surface area contributed by atoms with Crippen molar-refractivity contribution in [1.29, 1.82) is 5.26 Å². The molecule has 0 unspecified atom stereocenters. The second-order valence-corrected chi connectivity index (χ2v) is 15.5. The van der Waals surface area contributed by atoms with Gasteiger partial charge in [-0.25, -0.2) is 4.39 Å². The van der Waals surface area contributed by atoms with Gasteiger partial charge in [-0.3, -0.25) is 19.2 Å². The lowest BCUT2D eigenvalue weighted by atomic mass is 9.66. The molecule has 1 saturated heterocycles. The van der Waals surface area contributed by atoms with Crippen LogP contribution in [0.4, 0.5) is 18.9 Å². The molecule has 16 heteroatoms. The number of nitriles is 1. The van der Waals surface area contributed by atoms with E-state index in [4.69, 9.17) is 0 Å². The Morgan fingerprint density at radius 3 is 2.47 bits per heavy atom. The number of hydrogen-bond donors (Lipinski definition) is 3. The number of anilines is 1. The van der Waals surface area contributed by atoms with Crippen molar-refractivity contribution in [3.8, 4) is 6.07 Å². The zero-order valence-corrected chi connectivity index (χ0v) is 32.0. The molecule has 1 aromatic heterocycles. The zero-order valence-electron chi connectivity index (χ0n) is 31.2. The fraction of sp³-hybridized carbons (Fsp3) is 0.462. The highest BCUT2D eigenvalue weighted by Gasteiger charge is 2.46. The number of nitrogens with one attached hydrogen (secondary N) is 3. The van der Waals surface area contributed by atoms with Crippen molar-refractivity contribution in [3.05, 3.63) is 88.2 Å². The van der Waals surface area contributed by atoms with E-state index in [0.717, 1.165) is 36.2 Å². The number of carbonyl (C=O) groups is 4. The first-order chi connectivity index (χ1) is 26.1. The molecule has 1 aliphatic heterocycles. The van der Waals surface area contributed by atoms with E-state index in [-0.39, 0.29) is 27.5 Å². The first kappa shape index (κ1) is 41.0. The van der Waals surface area contributed by atoms with Crippen molar-refractivity contribution >= 4 is 40.8 Å². The maximum atomic E-state index is 15.9. The lowest BCUT2D eigenvalue weighted by molar-refractivity contribution is -0.149. The minimum Gasteiger partial charge on any atom is -0.339 e. The maximum absolute atomic E-state index is 15.9. The molecule has 3 aromatic rings. The molecule has 55 heavy (non-hydrogen) atoms. The number of likely N-dealkylation sites (N-methyl/N-ethyl adjacent to an activating group) is 1. The molecule has 2 heterocycles. The van der Waals surface area contributed by atoms with E-state index < -0.39 is 58.9 Å². The summed E-state index contributed by atoms with van der Waals surface area (Å²) in [6.45, 7) is 12.1. The van der Waals surface area contributed by atoms with E-state index in [1.54, 1.807) is 17.9 Å². The number of rotatable bonds is 12. The van der Waals surface area contributed by atoms with Crippen LogP contribution in [0, 0.1) is 28.5 Å². The molecule has 0 radical (unpaired) electrons. The van der Waals surface area contributed by atoms with Crippen LogP contribution in [0.25, 0.3) is 0 Å². The van der Waals surface area contributed by atoms with Gasteiger partial charge in [0.05, 0.1) is 23.5 Å². The van der Waals surface area contributed by atoms with Crippen molar-refractivity contribution in [2.24, 2.45) is 11.3 Å². The molecule has 2 aliphatic rings. The maximum Gasteiger partial charge on any atom is 0.349 e. The molecule has 0 bridgehead atoms. The quantitative estimate of drug-likeness (QED) is 0.211. The standard InChI is InChI=1S/C39H45F3N8O4S/c1-6-38(4)13-12-28(23(2)20-38)33(47-37(54)39(41,42)27-9-7-8-25(18-27)21-43)35(52)45-30-11-10-26(19-29(30)40)24(3)32(46-34(51)31-22-44-48-55-31)36(53)50-16-14-49(5)15-17-50/h7-11,18-19,22,24,28,32-33H,2,6,12-17,20H2,1,3-5H3,(H,45,52)(H,46,51)(H,47,54)/t24-,28-,32+,33-,38-/m0/s1. The third-order valence-electron chi connectivity index (χ3n) is 10.9. The Morgan fingerprint density at radius 2 is 1.85 bits per heavy atom. The average molecular weight is 779 g/mol. The Labute approximate surface area is 322 Å². The summed E-state index contributed by atoms with van der Waals surface area (Å²) >= 11 is 0.867. The van der Waals surface area contributed by atoms with Gasteiger partial charge in [0.1, 0.15) is 22.8 Å².